The first-order valence-corrected chi connectivity index (χ1v) is 7.74. The fourth-order valence-electron chi connectivity index (χ4n) is 2.17. The molecule has 0 heterocycles. The zero-order valence-corrected chi connectivity index (χ0v) is 12.8. The normalized spacial score (nSPS) is 11.8. The van der Waals surface area contributed by atoms with Crippen molar-refractivity contribution in [2.24, 2.45) is 0 Å². The second kappa shape index (κ2) is 10.3. The third-order valence-electron chi connectivity index (χ3n) is 3.39. The number of benzene rings is 1. The van der Waals surface area contributed by atoms with Crippen molar-refractivity contribution in [3.05, 3.63) is 30.3 Å². The maximum atomic E-state index is 9.18. The van der Waals surface area contributed by atoms with Crippen LogP contribution < -0.4 is 10.2 Å². The lowest BCUT2D eigenvalue weighted by atomic mass is 10.2. The van der Waals surface area contributed by atoms with Crippen molar-refractivity contribution in [3.8, 4) is 6.07 Å². The highest BCUT2D eigenvalue weighted by Gasteiger charge is 2.10. The summed E-state index contributed by atoms with van der Waals surface area (Å²) in [4.78, 5) is 2.39. The molecule has 0 bridgehead atoms. The largest absolute Gasteiger partial charge is 0.371 e. The maximum Gasteiger partial charge on any atom is 0.0969 e. The van der Waals surface area contributed by atoms with Gasteiger partial charge in [0.1, 0.15) is 0 Å². The Hall–Kier alpha value is -1.53. The molecular weight excluding hydrogens is 246 g/mol. The van der Waals surface area contributed by atoms with E-state index >= 15 is 0 Å². The quantitative estimate of drug-likeness (QED) is 0.708. The average molecular weight is 273 g/mol. The molecule has 110 valence electrons. The number of hydrogen-bond donors (Lipinski definition) is 1. The minimum Gasteiger partial charge on any atom is -0.371 e. The van der Waals surface area contributed by atoms with Crippen molar-refractivity contribution in [2.75, 3.05) is 24.5 Å². The highest BCUT2D eigenvalue weighted by Crippen LogP contribution is 2.15. The Balaban J connectivity index is 2.54. The van der Waals surface area contributed by atoms with Gasteiger partial charge < -0.3 is 10.2 Å². The molecule has 0 aliphatic rings. The molecule has 0 fully saturated rings. The lowest BCUT2D eigenvalue weighted by molar-refractivity contribution is 0.551. The van der Waals surface area contributed by atoms with E-state index in [2.05, 4.69) is 54.4 Å². The van der Waals surface area contributed by atoms with Crippen molar-refractivity contribution in [1.82, 2.24) is 5.32 Å². The zero-order chi connectivity index (χ0) is 14.6. The number of unbranched alkanes of at least 4 members (excludes halogenated alkanes) is 1. The number of nitrogens with one attached hydrogen (secondary N) is 1. The summed E-state index contributed by atoms with van der Waals surface area (Å²) in [7, 11) is 0. The van der Waals surface area contributed by atoms with Crippen LogP contribution in [0, 0.1) is 11.3 Å². The van der Waals surface area contributed by atoms with Crippen LogP contribution in [0.5, 0.6) is 0 Å². The summed E-state index contributed by atoms with van der Waals surface area (Å²) in [5, 5.41) is 12.5. The Morgan fingerprint density at radius 2 is 1.90 bits per heavy atom. The van der Waals surface area contributed by atoms with Crippen LogP contribution >= 0.6 is 0 Å². The van der Waals surface area contributed by atoms with Gasteiger partial charge in [-0.3, -0.25) is 0 Å². The summed E-state index contributed by atoms with van der Waals surface area (Å²) in [6, 6.07) is 12.8. The molecule has 0 spiro atoms. The number of rotatable bonds is 10. The Morgan fingerprint density at radius 1 is 1.15 bits per heavy atom. The third-order valence-corrected chi connectivity index (χ3v) is 3.39. The standard InChI is InChI=1S/C17H27N3/c1-3-5-13-20(17-9-7-6-8-10-17)14-11-16(15-18)19-12-4-2/h6-10,16,19H,3-5,11-14H2,1-2H3. The van der Waals surface area contributed by atoms with E-state index in [-0.39, 0.29) is 6.04 Å². The molecule has 0 amide bonds. The van der Waals surface area contributed by atoms with Crippen LogP contribution in [0.15, 0.2) is 30.3 Å². The first-order valence-electron chi connectivity index (χ1n) is 7.74. The third kappa shape index (κ3) is 6.08. The van der Waals surface area contributed by atoms with Crippen LogP contribution in [0.25, 0.3) is 0 Å². The van der Waals surface area contributed by atoms with Crippen LogP contribution in [0.4, 0.5) is 5.69 Å². The van der Waals surface area contributed by atoms with E-state index in [1.54, 1.807) is 0 Å². The second-order valence-corrected chi connectivity index (χ2v) is 5.10. The summed E-state index contributed by atoms with van der Waals surface area (Å²) in [5.41, 5.74) is 1.26. The zero-order valence-electron chi connectivity index (χ0n) is 12.8. The molecule has 1 N–H and O–H groups in total. The van der Waals surface area contributed by atoms with Crippen LogP contribution in [0.3, 0.4) is 0 Å². The summed E-state index contributed by atoms with van der Waals surface area (Å²) in [5.74, 6) is 0. The molecule has 0 aliphatic carbocycles. The molecule has 0 aromatic heterocycles. The second-order valence-electron chi connectivity index (χ2n) is 5.10. The van der Waals surface area contributed by atoms with E-state index in [0.717, 1.165) is 32.5 Å². The van der Waals surface area contributed by atoms with Gasteiger partial charge in [0, 0.05) is 18.8 Å². The van der Waals surface area contributed by atoms with E-state index < -0.39 is 0 Å². The Labute approximate surface area is 123 Å². The number of para-hydroxylation sites is 1. The van der Waals surface area contributed by atoms with Gasteiger partial charge in [-0.2, -0.15) is 5.26 Å². The van der Waals surface area contributed by atoms with Gasteiger partial charge in [-0.15, -0.1) is 0 Å². The minimum atomic E-state index is -0.0391. The van der Waals surface area contributed by atoms with Gasteiger partial charge in [0.2, 0.25) is 0 Å². The van der Waals surface area contributed by atoms with E-state index in [9.17, 15) is 5.26 Å². The molecule has 1 aromatic carbocycles. The molecule has 1 atom stereocenters. The van der Waals surface area contributed by atoms with Crippen molar-refractivity contribution in [1.29, 1.82) is 5.26 Å². The van der Waals surface area contributed by atoms with E-state index in [4.69, 9.17) is 0 Å². The monoisotopic (exact) mass is 273 g/mol. The van der Waals surface area contributed by atoms with Crippen LogP contribution in [0.1, 0.15) is 39.5 Å². The van der Waals surface area contributed by atoms with Crippen molar-refractivity contribution in [3.63, 3.8) is 0 Å². The molecular formula is C17H27N3. The summed E-state index contributed by atoms with van der Waals surface area (Å²) < 4.78 is 0. The first kappa shape index (κ1) is 16.5. The SMILES string of the molecule is CCCCN(CCC(C#N)NCCC)c1ccccc1. The van der Waals surface area contributed by atoms with E-state index in [0.29, 0.717) is 0 Å². The fraction of sp³-hybridized carbons (Fsp3) is 0.588. The van der Waals surface area contributed by atoms with Gasteiger partial charge in [-0.25, -0.2) is 0 Å². The lowest BCUT2D eigenvalue weighted by Gasteiger charge is -2.26. The molecule has 1 rings (SSSR count). The van der Waals surface area contributed by atoms with E-state index in [1.165, 1.54) is 18.5 Å². The number of nitriles is 1. The highest BCUT2D eigenvalue weighted by atomic mass is 15.1. The van der Waals surface area contributed by atoms with Gasteiger partial charge in [-0.05, 0) is 37.9 Å². The molecule has 20 heavy (non-hydrogen) atoms. The molecule has 1 aromatic rings. The minimum absolute atomic E-state index is 0.0391. The van der Waals surface area contributed by atoms with Crippen LogP contribution in [0.2, 0.25) is 0 Å². The van der Waals surface area contributed by atoms with Crippen molar-refractivity contribution in [2.45, 2.75) is 45.6 Å². The topological polar surface area (TPSA) is 39.1 Å². The summed E-state index contributed by atoms with van der Waals surface area (Å²) in [6.07, 6.45) is 4.32. The van der Waals surface area contributed by atoms with Crippen molar-refractivity contribution >= 4 is 5.69 Å². The molecule has 3 heteroatoms. The molecule has 0 aliphatic heterocycles. The maximum absolute atomic E-state index is 9.18. The van der Waals surface area contributed by atoms with E-state index in [1.807, 2.05) is 6.07 Å². The molecule has 1 unspecified atom stereocenters. The molecule has 0 radical (unpaired) electrons. The van der Waals surface area contributed by atoms with Gasteiger partial charge in [-0.1, -0.05) is 38.5 Å². The first-order chi connectivity index (χ1) is 9.81. The molecule has 0 saturated heterocycles. The Bertz CT molecular complexity index is 383. The predicted molar refractivity (Wildman–Crippen MR) is 85.9 cm³/mol. The number of anilines is 1. The van der Waals surface area contributed by atoms with Crippen molar-refractivity contribution < 1.29 is 0 Å². The number of hydrogen-bond acceptors (Lipinski definition) is 3. The van der Waals surface area contributed by atoms with Gasteiger partial charge in [0.25, 0.3) is 0 Å². The Kier molecular flexibility index (Phi) is 8.49. The fourth-order valence-corrected chi connectivity index (χ4v) is 2.17. The molecule has 3 nitrogen and oxygen atoms in total. The smallest absolute Gasteiger partial charge is 0.0969 e. The Morgan fingerprint density at radius 3 is 2.50 bits per heavy atom. The number of nitrogens with zero attached hydrogens (tertiary/aromatic N) is 2. The summed E-state index contributed by atoms with van der Waals surface area (Å²) >= 11 is 0. The van der Waals surface area contributed by atoms with Gasteiger partial charge in [0.15, 0.2) is 0 Å². The van der Waals surface area contributed by atoms with Crippen LogP contribution in [-0.4, -0.2) is 25.7 Å². The van der Waals surface area contributed by atoms with Crippen LogP contribution in [-0.2, 0) is 0 Å². The molecule has 0 saturated carbocycles. The summed E-state index contributed by atoms with van der Waals surface area (Å²) in [6.45, 7) is 7.24. The highest BCUT2D eigenvalue weighted by molar-refractivity contribution is 5.45. The van der Waals surface area contributed by atoms with Gasteiger partial charge in [0.05, 0.1) is 12.1 Å². The van der Waals surface area contributed by atoms with Gasteiger partial charge >= 0.3 is 0 Å². The predicted octanol–water partition coefficient (Wildman–Crippen LogP) is 3.57. The lowest BCUT2D eigenvalue weighted by Crippen LogP contribution is -2.34. The average Bonchev–Trinajstić information content (AvgIpc) is 2.51.